The lowest BCUT2D eigenvalue weighted by atomic mass is 10.1. The molecule has 0 spiro atoms. The number of nitrogens with zero attached hydrogens (tertiary/aromatic N) is 2. The van der Waals surface area contributed by atoms with Gasteiger partial charge in [0.15, 0.2) is 0 Å². The van der Waals surface area contributed by atoms with Gasteiger partial charge in [-0.2, -0.15) is 0 Å². The third-order valence-corrected chi connectivity index (χ3v) is 6.46. The van der Waals surface area contributed by atoms with E-state index in [1.54, 1.807) is 23.1 Å². The van der Waals surface area contributed by atoms with Crippen LogP contribution in [0, 0.1) is 0 Å². The van der Waals surface area contributed by atoms with Gasteiger partial charge < -0.3 is 9.80 Å². The van der Waals surface area contributed by atoms with E-state index in [9.17, 15) is 13.2 Å². The number of nitrogens with one attached hydrogen (secondary N) is 1. The fourth-order valence-electron chi connectivity index (χ4n) is 3.68. The van der Waals surface area contributed by atoms with E-state index in [1.165, 1.54) is 12.5 Å². The summed E-state index contributed by atoms with van der Waals surface area (Å²) in [7, 11) is -1.62. The maximum atomic E-state index is 12.7. The van der Waals surface area contributed by atoms with Crippen molar-refractivity contribution in [2.24, 2.45) is 0 Å². The smallest absolute Gasteiger partial charge is 0.240 e. The van der Waals surface area contributed by atoms with E-state index in [-0.39, 0.29) is 16.8 Å². The Hall–Kier alpha value is -2.22. The molecule has 0 fully saturated rings. The number of carbonyl (C=O) groups is 1. The minimum absolute atomic E-state index is 0.0264. The average molecular weight is 402 g/mol. The first kappa shape index (κ1) is 20.5. The highest BCUT2D eigenvalue weighted by atomic mass is 32.2. The van der Waals surface area contributed by atoms with Crippen molar-refractivity contribution in [2.45, 2.75) is 37.8 Å². The van der Waals surface area contributed by atoms with Crippen LogP contribution in [0.3, 0.4) is 0 Å². The van der Waals surface area contributed by atoms with Crippen LogP contribution in [0.2, 0.25) is 0 Å². The van der Waals surface area contributed by atoms with Gasteiger partial charge in [0.25, 0.3) is 0 Å². The number of hydrogen-bond donors (Lipinski definition) is 1. The maximum absolute atomic E-state index is 12.7. The zero-order valence-electron chi connectivity index (χ0n) is 16.6. The Morgan fingerprint density at radius 2 is 1.93 bits per heavy atom. The molecular formula is C21H27N3O3S. The molecular weight excluding hydrogens is 374 g/mol. The highest BCUT2D eigenvalue weighted by Crippen LogP contribution is 2.33. The standard InChI is InChI=1S/C21H27N3O3S/c1-16-13-19-14-20(9-10-21(19)24(16)17(2)25)28(26,27)22-11-12-23(3)15-18-7-5-4-6-8-18/h4-10,14,16,22H,11-13,15H2,1-3H3/t16-/m0/s1. The Balaban J connectivity index is 1.61. The highest BCUT2D eigenvalue weighted by Gasteiger charge is 2.30. The van der Waals surface area contributed by atoms with Crippen molar-refractivity contribution in [2.75, 3.05) is 25.0 Å². The molecule has 1 heterocycles. The molecule has 0 aliphatic carbocycles. The van der Waals surface area contributed by atoms with Crippen LogP contribution in [0.15, 0.2) is 53.4 Å². The molecule has 1 N–H and O–H groups in total. The number of hydrogen-bond acceptors (Lipinski definition) is 4. The fourth-order valence-corrected chi connectivity index (χ4v) is 4.75. The lowest BCUT2D eigenvalue weighted by molar-refractivity contribution is -0.116. The van der Waals surface area contributed by atoms with Crippen molar-refractivity contribution in [3.05, 3.63) is 59.7 Å². The van der Waals surface area contributed by atoms with Gasteiger partial charge in [0, 0.05) is 38.3 Å². The minimum Gasteiger partial charge on any atom is -0.309 e. The van der Waals surface area contributed by atoms with E-state index < -0.39 is 10.0 Å². The second kappa shape index (κ2) is 8.43. The predicted octanol–water partition coefficient (Wildman–Crippen LogP) is 2.39. The van der Waals surface area contributed by atoms with Crippen LogP contribution in [0.4, 0.5) is 5.69 Å². The van der Waals surface area contributed by atoms with Crippen molar-refractivity contribution in [1.29, 1.82) is 0 Å². The summed E-state index contributed by atoms with van der Waals surface area (Å²) in [6.45, 7) is 5.20. The Labute approximate surface area is 167 Å². The molecule has 2 aromatic carbocycles. The summed E-state index contributed by atoms with van der Waals surface area (Å²) in [4.78, 5) is 15.9. The molecule has 1 atom stereocenters. The summed E-state index contributed by atoms with van der Waals surface area (Å²) < 4.78 is 28.0. The van der Waals surface area contributed by atoms with Crippen LogP contribution in [-0.4, -0.2) is 45.4 Å². The van der Waals surface area contributed by atoms with E-state index in [4.69, 9.17) is 0 Å². The number of sulfonamides is 1. The largest absolute Gasteiger partial charge is 0.309 e. The van der Waals surface area contributed by atoms with Crippen LogP contribution in [0.1, 0.15) is 25.0 Å². The molecule has 0 unspecified atom stereocenters. The van der Waals surface area contributed by atoms with Gasteiger partial charge in [-0.3, -0.25) is 4.79 Å². The summed E-state index contributed by atoms with van der Waals surface area (Å²) in [6.07, 6.45) is 0.665. The van der Waals surface area contributed by atoms with Gasteiger partial charge in [-0.05, 0) is 49.7 Å². The quantitative estimate of drug-likeness (QED) is 0.773. The third-order valence-electron chi connectivity index (χ3n) is 5.00. The zero-order chi connectivity index (χ0) is 20.3. The van der Waals surface area contributed by atoms with Crippen LogP contribution in [-0.2, 0) is 27.8 Å². The number of rotatable bonds is 7. The lowest BCUT2D eigenvalue weighted by Gasteiger charge is -2.20. The van der Waals surface area contributed by atoms with Gasteiger partial charge in [0.1, 0.15) is 0 Å². The Morgan fingerprint density at radius 1 is 1.21 bits per heavy atom. The van der Waals surface area contributed by atoms with Crippen molar-refractivity contribution >= 4 is 21.6 Å². The van der Waals surface area contributed by atoms with Gasteiger partial charge in [0.05, 0.1) is 4.90 Å². The van der Waals surface area contributed by atoms with Crippen LogP contribution < -0.4 is 9.62 Å². The minimum atomic E-state index is -3.59. The maximum Gasteiger partial charge on any atom is 0.240 e. The molecule has 1 aliphatic heterocycles. The average Bonchev–Trinajstić information content (AvgIpc) is 2.97. The summed E-state index contributed by atoms with van der Waals surface area (Å²) in [5.41, 5.74) is 2.89. The summed E-state index contributed by atoms with van der Waals surface area (Å²) in [5, 5.41) is 0. The van der Waals surface area contributed by atoms with Gasteiger partial charge in [-0.25, -0.2) is 13.1 Å². The SMILES string of the molecule is CC(=O)N1c2ccc(S(=O)(=O)NCCN(C)Cc3ccccc3)cc2C[C@@H]1C. The Morgan fingerprint density at radius 3 is 2.61 bits per heavy atom. The lowest BCUT2D eigenvalue weighted by Crippen LogP contribution is -2.33. The Kier molecular flexibility index (Phi) is 6.17. The molecule has 1 aliphatic rings. The molecule has 0 saturated carbocycles. The van der Waals surface area contributed by atoms with E-state index in [0.29, 0.717) is 19.5 Å². The topological polar surface area (TPSA) is 69.7 Å². The number of likely N-dealkylation sites (N-methyl/N-ethyl adjacent to an activating group) is 1. The van der Waals surface area contributed by atoms with E-state index in [0.717, 1.165) is 17.8 Å². The van der Waals surface area contributed by atoms with Crippen LogP contribution in [0.5, 0.6) is 0 Å². The molecule has 0 radical (unpaired) electrons. The second-order valence-electron chi connectivity index (χ2n) is 7.35. The molecule has 0 saturated heterocycles. The molecule has 0 aromatic heterocycles. The predicted molar refractivity (Wildman–Crippen MR) is 111 cm³/mol. The number of anilines is 1. The molecule has 28 heavy (non-hydrogen) atoms. The highest BCUT2D eigenvalue weighted by molar-refractivity contribution is 7.89. The van der Waals surface area contributed by atoms with Gasteiger partial charge >= 0.3 is 0 Å². The number of fused-ring (bicyclic) bond motifs is 1. The second-order valence-corrected chi connectivity index (χ2v) is 9.12. The van der Waals surface area contributed by atoms with E-state index in [1.807, 2.05) is 32.2 Å². The number of carbonyl (C=O) groups excluding carboxylic acids is 1. The molecule has 7 heteroatoms. The zero-order valence-corrected chi connectivity index (χ0v) is 17.4. The first-order valence-electron chi connectivity index (χ1n) is 9.43. The number of amides is 1. The van der Waals surface area contributed by atoms with Crippen molar-refractivity contribution in [3.8, 4) is 0 Å². The normalized spacial score (nSPS) is 16.4. The van der Waals surface area contributed by atoms with Crippen LogP contribution in [0.25, 0.3) is 0 Å². The van der Waals surface area contributed by atoms with Gasteiger partial charge in [-0.1, -0.05) is 30.3 Å². The van der Waals surface area contributed by atoms with Crippen LogP contribution >= 0.6 is 0 Å². The molecule has 3 rings (SSSR count). The Bertz CT molecular complexity index is 945. The molecule has 6 nitrogen and oxygen atoms in total. The molecule has 0 bridgehead atoms. The van der Waals surface area contributed by atoms with Gasteiger partial charge in [0.2, 0.25) is 15.9 Å². The first-order chi connectivity index (χ1) is 13.3. The van der Waals surface area contributed by atoms with Crippen molar-refractivity contribution < 1.29 is 13.2 Å². The molecule has 1 amide bonds. The fraction of sp³-hybridized carbons (Fsp3) is 0.381. The van der Waals surface area contributed by atoms with Crippen molar-refractivity contribution in [3.63, 3.8) is 0 Å². The summed E-state index contributed by atoms with van der Waals surface area (Å²) >= 11 is 0. The van der Waals surface area contributed by atoms with Gasteiger partial charge in [-0.15, -0.1) is 0 Å². The summed E-state index contributed by atoms with van der Waals surface area (Å²) in [5.74, 6) is -0.0264. The van der Waals surface area contributed by atoms with E-state index >= 15 is 0 Å². The summed E-state index contributed by atoms with van der Waals surface area (Å²) in [6, 6.07) is 15.1. The number of benzene rings is 2. The first-order valence-corrected chi connectivity index (χ1v) is 10.9. The van der Waals surface area contributed by atoms with Crippen molar-refractivity contribution in [1.82, 2.24) is 9.62 Å². The third kappa shape index (κ3) is 4.60. The van der Waals surface area contributed by atoms with E-state index in [2.05, 4.69) is 21.8 Å². The molecule has 150 valence electrons. The monoisotopic (exact) mass is 401 g/mol. The molecule has 2 aromatic rings.